The van der Waals surface area contributed by atoms with E-state index >= 15 is 0 Å². The minimum absolute atomic E-state index is 0.289. The summed E-state index contributed by atoms with van der Waals surface area (Å²) in [5, 5.41) is 3.90. The maximum absolute atomic E-state index is 13.6. The summed E-state index contributed by atoms with van der Waals surface area (Å²) in [6.45, 7) is 2.86. The van der Waals surface area contributed by atoms with E-state index in [0.29, 0.717) is 48.9 Å². The van der Waals surface area contributed by atoms with Crippen LogP contribution >= 0.6 is 0 Å². The third-order valence-electron chi connectivity index (χ3n) is 3.67. The molecule has 2 N–H and O–H groups in total. The molecule has 1 aliphatic rings. The molecule has 1 fully saturated rings. The predicted molar refractivity (Wildman–Crippen MR) is 70.3 cm³/mol. The third-order valence-corrected chi connectivity index (χ3v) is 3.67. The molecule has 0 saturated carbocycles. The third kappa shape index (κ3) is 2.32. The molecule has 1 saturated heterocycles. The molecule has 2 aromatic rings. The highest BCUT2D eigenvalue weighted by molar-refractivity contribution is 5.55. The number of hydrogen-bond acceptors (Lipinski definition) is 5. The largest absolute Gasteiger partial charge is 0.381 e. The number of hydrogen-bond donors (Lipinski definition) is 1. The van der Waals surface area contributed by atoms with Crippen LogP contribution in [0.5, 0.6) is 0 Å². The van der Waals surface area contributed by atoms with E-state index in [4.69, 9.17) is 15.0 Å². The molecular weight excluding hydrogens is 261 g/mol. The fraction of sp³-hybridized carbons (Fsp3) is 0.429. The molecule has 0 amide bonds. The smallest absolute Gasteiger partial charge is 0.247 e. The average molecular weight is 277 g/mol. The standard InChI is InChI=1S/C14H16FN3O2/c1-9-2-3-10(8-11(9)15)12-17-13(20-18-12)14(16)4-6-19-7-5-14/h2-3,8H,4-7,16H2,1H3. The quantitative estimate of drug-likeness (QED) is 0.910. The van der Waals surface area contributed by atoms with E-state index < -0.39 is 5.54 Å². The van der Waals surface area contributed by atoms with Crippen molar-refractivity contribution in [1.82, 2.24) is 10.1 Å². The fourth-order valence-corrected chi connectivity index (χ4v) is 2.22. The van der Waals surface area contributed by atoms with Crippen LogP contribution in [0.25, 0.3) is 11.4 Å². The van der Waals surface area contributed by atoms with E-state index in [0.717, 1.165) is 0 Å². The first-order valence-electron chi connectivity index (χ1n) is 6.56. The van der Waals surface area contributed by atoms with Crippen LogP contribution in [0.2, 0.25) is 0 Å². The molecule has 1 aliphatic heterocycles. The Morgan fingerprint density at radius 1 is 1.30 bits per heavy atom. The van der Waals surface area contributed by atoms with E-state index in [1.54, 1.807) is 19.1 Å². The Morgan fingerprint density at radius 3 is 2.75 bits per heavy atom. The lowest BCUT2D eigenvalue weighted by atomic mass is 9.91. The number of nitrogens with two attached hydrogens (primary N) is 1. The van der Waals surface area contributed by atoms with Gasteiger partial charge in [0.25, 0.3) is 0 Å². The lowest BCUT2D eigenvalue weighted by molar-refractivity contribution is 0.0400. The van der Waals surface area contributed by atoms with Crippen LogP contribution in [0.15, 0.2) is 22.7 Å². The monoisotopic (exact) mass is 277 g/mol. The van der Waals surface area contributed by atoms with Crippen molar-refractivity contribution in [3.05, 3.63) is 35.5 Å². The summed E-state index contributed by atoms with van der Waals surface area (Å²) in [6, 6.07) is 4.85. The van der Waals surface area contributed by atoms with Crippen molar-refractivity contribution in [1.29, 1.82) is 0 Å². The second-order valence-electron chi connectivity index (χ2n) is 5.16. The van der Waals surface area contributed by atoms with Crippen molar-refractivity contribution in [3.8, 4) is 11.4 Å². The number of halogens is 1. The summed E-state index contributed by atoms with van der Waals surface area (Å²) in [6.07, 6.45) is 1.27. The van der Waals surface area contributed by atoms with Gasteiger partial charge in [0, 0.05) is 18.8 Å². The minimum Gasteiger partial charge on any atom is -0.381 e. The molecule has 2 heterocycles. The van der Waals surface area contributed by atoms with Gasteiger partial charge >= 0.3 is 0 Å². The second-order valence-corrected chi connectivity index (χ2v) is 5.16. The molecule has 6 heteroatoms. The Morgan fingerprint density at radius 2 is 2.05 bits per heavy atom. The maximum Gasteiger partial charge on any atom is 0.247 e. The van der Waals surface area contributed by atoms with Crippen molar-refractivity contribution >= 4 is 0 Å². The van der Waals surface area contributed by atoms with Gasteiger partial charge in [0.2, 0.25) is 11.7 Å². The molecule has 0 bridgehead atoms. The van der Waals surface area contributed by atoms with Gasteiger partial charge in [-0.25, -0.2) is 4.39 Å². The van der Waals surface area contributed by atoms with Gasteiger partial charge in [-0.15, -0.1) is 0 Å². The van der Waals surface area contributed by atoms with Crippen LogP contribution in [-0.4, -0.2) is 23.4 Å². The Labute approximate surface area is 115 Å². The summed E-state index contributed by atoms with van der Waals surface area (Å²) < 4.78 is 24.1. The molecule has 0 spiro atoms. The predicted octanol–water partition coefficient (Wildman–Crippen LogP) is 2.15. The van der Waals surface area contributed by atoms with Gasteiger partial charge in [0.1, 0.15) is 11.4 Å². The number of aryl methyl sites for hydroxylation is 1. The molecule has 1 aromatic heterocycles. The summed E-state index contributed by atoms with van der Waals surface area (Å²) in [4.78, 5) is 4.32. The van der Waals surface area contributed by atoms with E-state index in [-0.39, 0.29) is 5.82 Å². The Bertz CT molecular complexity index is 621. The lowest BCUT2D eigenvalue weighted by Gasteiger charge is -2.29. The molecule has 3 rings (SSSR count). The van der Waals surface area contributed by atoms with E-state index in [1.807, 2.05) is 0 Å². The highest BCUT2D eigenvalue weighted by atomic mass is 19.1. The molecule has 20 heavy (non-hydrogen) atoms. The van der Waals surface area contributed by atoms with Gasteiger partial charge in [-0.3, -0.25) is 0 Å². The summed E-state index contributed by atoms with van der Waals surface area (Å²) in [5.41, 5.74) is 6.79. The van der Waals surface area contributed by atoms with Gasteiger partial charge < -0.3 is 15.0 Å². The number of ether oxygens (including phenoxy) is 1. The highest BCUT2D eigenvalue weighted by Crippen LogP contribution is 2.29. The fourth-order valence-electron chi connectivity index (χ4n) is 2.22. The second kappa shape index (κ2) is 4.96. The number of benzene rings is 1. The van der Waals surface area contributed by atoms with Crippen molar-refractivity contribution < 1.29 is 13.7 Å². The Hall–Kier alpha value is -1.79. The zero-order valence-corrected chi connectivity index (χ0v) is 11.2. The summed E-state index contributed by atoms with van der Waals surface area (Å²) in [7, 11) is 0. The molecule has 0 atom stereocenters. The van der Waals surface area contributed by atoms with Gasteiger partial charge in [0.15, 0.2) is 0 Å². The first-order valence-corrected chi connectivity index (χ1v) is 6.56. The SMILES string of the molecule is Cc1ccc(-c2noc(C3(N)CCOCC3)n2)cc1F. The Kier molecular flexibility index (Phi) is 3.27. The zero-order valence-electron chi connectivity index (χ0n) is 11.2. The average Bonchev–Trinajstić information content (AvgIpc) is 2.93. The van der Waals surface area contributed by atoms with Gasteiger partial charge in [0.05, 0.1) is 0 Å². The van der Waals surface area contributed by atoms with Crippen molar-refractivity contribution in [2.24, 2.45) is 5.73 Å². The maximum atomic E-state index is 13.6. The first kappa shape index (κ1) is 13.2. The van der Waals surface area contributed by atoms with Crippen molar-refractivity contribution in [3.63, 3.8) is 0 Å². The lowest BCUT2D eigenvalue weighted by Crippen LogP contribution is -2.42. The van der Waals surface area contributed by atoms with Gasteiger partial charge in [-0.05, 0) is 31.4 Å². The van der Waals surface area contributed by atoms with Crippen LogP contribution in [0, 0.1) is 12.7 Å². The van der Waals surface area contributed by atoms with Crippen molar-refractivity contribution in [2.75, 3.05) is 13.2 Å². The Balaban J connectivity index is 1.91. The van der Waals surface area contributed by atoms with Gasteiger partial charge in [-0.1, -0.05) is 17.3 Å². The first-order chi connectivity index (χ1) is 9.58. The van der Waals surface area contributed by atoms with Gasteiger partial charge in [-0.2, -0.15) is 4.98 Å². The van der Waals surface area contributed by atoms with Crippen LogP contribution in [0.4, 0.5) is 4.39 Å². The number of nitrogens with zero attached hydrogens (tertiary/aromatic N) is 2. The minimum atomic E-state index is -0.646. The summed E-state index contributed by atoms with van der Waals surface area (Å²) >= 11 is 0. The van der Waals surface area contributed by atoms with Crippen molar-refractivity contribution in [2.45, 2.75) is 25.3 Å². The topological polar surface area (TPSA) is 74.2 Å². The zero-order chi connectivity index (χ0) is 14.2. The molecule has 1 aromatic carbocycles. The van der Waals surface area contributed by atoms with Crippen LogP contribution in [0.3, 0.4) is 0 Å². The van der Waals surface area contributed by atoms with E-state index in [2.05, 4.69) is 10.1 Å². The molecule has 0 unspecified atom stereocenters. The van der Waals surface area contributed by atoms with Crippen LogP contribution < -0.4 is 5.73 Å². The molecule has 0 aliphatic carbocycles. The molecule has 0 radical (unpaired) electrons. The molecular formula is C14H16FN3O2. The highest BCUT2D eigenvalue weighted by Gasteiger charge is 2.35. The van der Waals surface area contributed by atoms with E-state index in [9.17, 15) is 4.39 Å². The number of rotatable bonds is 2. The van der Waals surface area contributed by atoms with Crippen LogP contribution in [-0.2, 0) is 10.3 Å². The van der Waals surface area contributed by atoms with E-state index in [1.165, 1.54) is 6.07 Å². The molecule has 5 nitrogen and oxygen atoms in total. The molecule has 106 valence electrons. The number of aromatic nitrogens is 2. The normalized spacial score (nSPS) is 18.1. The van der Waals surface area contributed by atoms with Crippen LogP contribution in [0.1, 0.15) is 24.3 Å². The summed E-state index contributed by atoms with van der Waals surface area (Å²) in [5.74, 6) is 0.453.